The molecule has 0 spiro atoms. The summed E-state index contributed by atoms with van der Waals surface area (Å²) in [7, 11) is 0. The van der Waals surface area contributed by atoms with Crippen molar-refractivity contribution in [2.24, 2.45) is 5.84 Å². The van der Waals surface area contributed by atoms with Crippen LogP contribution in [0.5, 0.6) is 0 Å². The molecular weight excluding hydrogens is 210 g/mol. The number of nitrogens with two attached hydrogens (primary N) is 1. The van der Waals surface area contributed by atoms with Crippen molar-refractivity contribution in [1.29, 1.82) is 0 Å². The highest BCUT2D eigenvalue weighted by atomic mass is 32.2. The van der Waals surface area contributed by atoms with Crippen LogP contribution in [0, 0.1) is 0 Å². The van der Waals surface area contributed by atoms with E-state index in [0.717, 1.165) is 22.3 Å². The number of thioether (sulfide) groups is 1. The SMILES string of the molecule is NNc1ccnc(CSc2ncc[nH]2)c1. The minimum Gasteiger partial charge on any atom is -0.340 e. The summed E-state index contributed by atoms with van der Waals surface area (Å²) in [4.78, 5) is 11.4. The second-order valence-electron chi connectivity index (χ2n) is 2.86. The normalized spacial score (nSPS) is 10.2. The van der Waals surface area contributed by atoms with Gasteiger partial charge in [-0.25, -0.2) is 4.98 Å². The molecule has 4 N–H and O–H groups in total. The van der Waals surface area contributed by atoms with Crippen LogP contribution in [-0.2, 0) is 5.75 Å². The van der Waals surface area contributed by atoms with Gasteiger partial charge in [0.2, 0.25) is 0 Å². The number of hydrogen-bond acceptors (Lipinski definition) is 5. The molecule has 15 heavy (non-hydrogen) atoms. The van der Waals surface area contributed by atoms with Gasteiger partial charge in [-0.05, 0) is 12.1 Å². The van der Waals surface area contributed by atoms with Gasteiger partial charge in [0.05, 0.1) is 11.4 Å². The Balaban J connectivity index is 1.98. The zero-order valence-corrected chi connectivity index (χ0v) is 8.79. The third-order valence-corrected chi connectivity index (χ3v) is 2.75. The largest absolute Gasteiger partial charge is 0.340 e. The van der Waals surface area contributed by atoms with Crippen molar-refractivity contribution >= 4 is 17.4 Å². The van der Waals surface area contributed by atoms with E-state index in [9.17, 15) is 0 Å². The van der Waals surface area contributed by atoms with Crippen molar-refractivity contribution in [3.05, 3.63) is 36.4 Å². The molecule has 2 aromatic heterocycles. The highest BCUT2D eigenvalue weighted by Gasteiger charge is 1.99. The first-order valence-electron chi connectivity index (χ1n) is 4.42. The average Bonchev–Trinajstić information content (AvgIpc) is 2.79. The van der Waals surface area contributed by atoms with Crippen LogP contribution in [0.3, 0.4) is 0 Å². The Morgan fingerprint density at radius 1 is 1.40 bits per heavy atom. The van der Waals surface area contributed by atoms with Crippen LogP contribution in [0.2, 0.25) is 0 Å². The van der Waals surface area contributed by atoms with Crippen molar-refractivity contribution < 1.29 is 0 Å². The number of anilines is 1. The molecule has 0 radical (unpaired) electrons. The molecule has 2 rings (SSSR count). The van der Waals surface area contributed by atoms with Gasteiger partial charge in [0, 0.05) is 24.3 Å². The molecule has 0 aliphatic rings. The summed E-state index contributed by atoms with van der Waals surface area (Å²) in [5.74, 6) is 6.07. The third kappa shape index (κ3) is 2.71. The zero-order chi connectivity index (χ0) is 10.5. The number of H-pyrrole nitrogens is 1. The fourth-order valence-electron chi connectivity index (χ4n) is 1.12. The second-order valence-corrected chi connectivity index (χ2v) is 3.83. The number of aromatic amines is 1. The lowest BCUT2D eigenvalue weighted by Gasteiger charge is -2.02. The Morgan fingerprint density at radius 3 is 3.07 bits per heavy atom. The molecule has 0 fully saturated rings. The Morgan fingerprint density at radius 2 is 2.33 bits per heavy atom. The van der Waals surface area contributed by atoms with Crippen molar-refractivity contribution in [1.82, 2.24) is 15.0 Å². The van der Waals surface area contributed by atoms with Gasteiger partial charge in [-0.3, -0.25) is 10.8 Å². The number of imidazole rings is 1. The van der Waals surface area contributed by atoms with Gasteiger partial charge in [0.15, 0.2) is 5.16 Å². The molecule has 0 unspecified atom stereocenters. The zero-order valence-electron chi connectivity index (χ0n) is 7.97. The van der Waals surface area contributed by atoms with Gasteiger partial charge in [-0.1, -0.05) is 11.8 Å². The molecular formula is C9H11N5S. The highest BCUT2D eigenvalue weighted by molar-refractivity contribution is 7.98. The molecule has 0 saturated carbocycles. The fourth-order valence-corrected chi connectivity index (χ4v) is 1.85. The monoisotopic (exact) mass is 221 g/mol. The first kappa shape index (κ1) is 10.0. The van der Waals surface area contributed by atoms with E-state index >= 15 is 0 Å². The van der Waals surface area contributed by atoms with E-state index in [4.69, 9.17) is 5.84 Å². The summed E-state index contributed by atoms with van der Waals surface area (Å²) in [5, 5.41) is 0.892. The third-order valence-electron chi connectivity index (χ3n) is 1.81. The van der Waals surface area contributed by atoms with Gasteiger partial charge >= 0.3 is 0 Å². The molecule has 2 aromatic rings. The van der Waals surface area contributed by atoms with E-state index in [-0.39, 0.29) is 0 Å². The lowest BCUT2D eigenvalue weighted by molar-refractivity contribution is 1.05. The number of aromatic nitrogens is 3. The molecule has 2 heterocycles. The maximum absolute atomic E-state index is 5.31. The lowest BCUT2D eigenvalue weighted by Crippen LogP contribution is -2.07. The average molecular weight is 221 g/mol. The Bertz CT molecular complexity index is 414. The van der Waals surface area contributed by atoms with Crippen molar-refractivity contribution in [2.75, 3.05) is 5.43 Å². The van der Waals surface area contributed by atoms with E-state index in [2.05, 4.69) is 20.4 Å². The van der Waals surface area contributed by atoms with Crippen molar-refractivity contribution in [2.45, 2.75) is 10.9 Å². The quantitative estimate of drug-likeness (QED) is 0.413. The number of nitrogens with zero attached hydrogens (tertiary/aromatic N) is 2. The molecule has 0 amide bonds. The molecule has 6 heteroatoms. The predicted octanol–water partition coefficient (Wildman–Crippen LogP) is 1.38. The first-order valence-corrected chi connectivity index (χ1v) is 5.41. The van der Waals surface area contributed by atoms with Crippen LogP contribution in [-0.4, -0.2) is 15.0 Å². The predicted molar refractivity (Wildman–Crippen MR) is 60.2 cm³/mol. The standard InChI is InChI=1S/C9H11N5S/c10-14-7-1-2-11-8(5-7)6-15-9-12-3-4-13-9/h1-5H,6,10H2,(H,11,14)(H,12,13). The maximum atomic E-state index is 5.31. The van der Waals surface area contributed by atoms with Gasteiger partial charge in [-0.2, -0.15) is 0 Å². The summed E-state index contributed by atoms with van der Waals surface area (Å²) in [6.45, 7) is 0. The van der Waals surface area contributed by atoms with Crippen molar-refractivity contribution in [3.8, 4) is 0 Å². The summed E-state index contributed by atoms with van der Waals surface area (Å²) >= 11 is 1.60. The molecule has 5 nitrogen and oxygen atoms in total. The molecule has 0 saturated heterocycles. The topological polar surface area (TPSA) is 79.6 Å². The van der Waals surface area contributed by atoms with Gasteiger partial charge in [-0.15, -0.1) is 0 Å². The van der Waals surface area contributed by atoms with Crippen LogP contribution in [0.25, 0.3) is 0 Å². The maximum Gasteiger partial charge on any atom is 0.165 e. The van der Waals surface area contributed by atoms with E-state index in [1.807, 2.05) is 12.1 Å². The number of pyridine rings is 1. The highest BCUT2D eigenvalue weighted by Crippen LogP contribution is 2.18. The fraction of sp³-hybridized carbons (Fsp3) is 0.111. The Kier molecular flexibility index (Phi) is 3.21. The first-order chi connectivity index (χ1) is 7.38. The molecule has 0 aromatic carbocycles. The minimum atomic E-state index is 0.767. The van der Waals surface area contributed by atoms with E-state index in [0.29, 0.717) is 0 Å². The number of nitrogens with one attached hydrogen (secondary N) is 2. The lowest BCUT2D eigenvalue weighted by atomic mass is 10.3. The Labute approximate surface area is 91.5 Å². The molecule has 0 aliphatic carbocycles. The summed E-state index contributed by atoms with van der Waals surface area (Å²) < 4.78 is 0. The smallest absolute Gasteiger partial charge is 0.165 e. The molecule has 0 atom stereocenters. The minimum absolute atomic E-state index is 0.767. The van der Waals surface area contributed by atoms with Gasteiger partial charge in [0.25, 0.3) is 0 Å². The van der Waals surface area contributed by atoms with Crippen LogP contribution < -0.4 is 11.3 Å². The van der Waals surface area contributed by atoms with Crippen LogP contribution in [0.1, 0.15) is 5.69 Å². The number of rotatable bonds is 4. The van der Waals surface area contributed by atoms with E-state index in [1.54, 1.807) is 30.4 Å². The molecule has 0 aliphatic heterocycles. The van der Waals surface area contributed by atoms with Gasteiger partial charge in [0.1, 0.15) is 0 Å². The van der Waals surface area contributed by atoms with Crippen LogP contribution >= 0.6 is 11.8 Å². The number of hydrogen-bond donors (Lipinski definition) is 3. The summed E-state index contributed by atoms with van der Waals surface area (Å²) in [6.07, 6.45) is 5.26. The second kappa shape index (κ2) is 4.81. The summed E-state index contributed by atoms with van der Waals surface area (Å²) in [6, 6.07) is 3.73. The Hall–Kier alpha value is -1.53. The van der Waals surface area contributed by atoms with Crippen LogP contribution in [0.4, 0.5) is 5.69 Å². The van der Waals surface area contributed by atoms with E-state index < -0.39 is 0 Å². The summed E-state index contributed by atoms with van der Waals surface area (Å²) in [5.41, 5.74) is 4.41. The number of hydrazine groups is 1. The van der Waals surface area contributed by atoms with Crippen molar-refractivity contribution in [3.63, 3.8) is 0 Å². The van der Waals surface area contributed by atoms with Crippen LogP contribution in [0.15, 0.2) is 35.9 Å². The van der Waals surface area contributed by atoms with E-state index in [1.165, 1.54) is 0 Å². The molecule has 78 valence electrons. The van der Waals surface area contributed by atoms with Gasteiger partial charge < -0.3 is 10.4 Å². The number of nitrogen functional groups attached to an aromatic ring is 1. The molecule has 0 bridgehead atoms.